The van der Waals surface area contributed by atoms with Crippen LogP contribution in [0.2, 0.25) is 0 Å². The van der Waals surface area contributed by atoms with Crippen molar-refractivity contribution >= 4 is 32.7 Å². The SMILES string of the molecule is CC(NC(=O)CNC(=O)c1c[nH]c2ccccc2c1=O)c1ccc(S(N)(=O)=O)cc1. The van der Waals surface area contributed by atoms with Gasteiger partial charge in [-0.15, -0.1) is 0 Å². The largest absolute Gasteiger partial charge is 0.360 e. The number of aromatic amines is 1. The standard InChI is InChI=1S/C20H20N4O5S/c1-12(13-6-8-14(9-7-13)30(21,28)29)24-18(25)11-23-20(27)16-10-22-17-5-3-2-4-15(17)19(16)26/h2-10,12H,11H2,1H3,(H,22,26)(H,23,27)(H,24,25)(H2,21,28,29). The van der Waals surface area contributed by atoms with Crippen molar-refractivity contribution in [3.05, 3.63) is 76.1 Å². The second kappa shape index (κ2) is 8.47. The molecular formula is C20H20N4O5S. The number of carbonyl (C=O) groups excluding carboxylic acids is 2. The van der Waals surface area contributed by atoms with Gasteiger partial charge in [-0.2, -0.15) is 0 Å². The quantitative estimate of drug-likeness (QED) is 0.457. The van der Waals surface area contributed by atoms with Crippen LogP contribution in [0.25, 0.3) is 10.9 Å². The summed E-state index contributed by atoms with van der Waals surface area (Å²) >= 11 is 0. The molecule has 3 aromatic rings. The van der Waals surface area contributed by atoms with Crippen LogP contribution in [0.1, 0.15) is 28.9 Å². The van der Waals surface area contributed by atoms with E-state index in [2.05, 4.69) is 15.6 Å². The summed E-state index contributed by atoms with van der Waals surface area (Å²) in [7, 11) is -3.79. The Morgan fingerprint density at radius 3 is 2.43 bits per heavy atom. The topological polar surface area (TPSA) is 151 Å². The van der Waals surface area contributed by atoms with Crippen LogP contribution in [0.15, 0.2) is 64.4 Å². The van der Waals surface area contributed by atoms with Gasteiger partial charge in [-0.1, -0.05) is 24.3 Å². The Balaban J connectivity index is 1.61. The molecule has 0 spiro atoms. The Morgan fingerprint density at radius 1 is 1.10 bits per heavy atom. The van der Waals surface area contributed by atoms with Gasteiger partial charge in [0.15, 0.2) is 0 Å². The molecule has 3 rings (SSSR count). The third-order valence-electron chi connectivity index (χ3n) is 4.53. The van der Waals surface area contributed by atoms with Gasteiger partial charge in [0, 0.05) is 17.1 Å². The highest BCUT2D eigenvalue weighted by Crippen LogP contribution is 2.15. The first-order valence-electron chi connectivity index (χ1n) is 8.97. The average molecular weight is 428 g/mol. The van der Waals surface area contributed by atoms with E-state index < -0.39 is 33.3 Å². The van der Waals surface area contributed by atoms with Crippen molar-refractivity contribution in [2.75, 3.05) is 6.54 Å². The molecule has 0 aliphatic heterocycles. The maximum Gasteiger partial charge on any atom is 0.257 e. The predicted octanol–water partition coefficient (Wildman–Crippen LogP) is 0.783. The Morgan fingerprint density at radius 2 is 1.77 bits per heavy atom. The highest BCUT2D eigenvalue weighted by molar-refractivity contribution is 7.89. The summed E-state index contributed by atoms with van der Waals surface area (Å²) in [5.41, 5.74) is 0.755. The highest BCUT2D eigenvalue weighted by atomic mass is 32.2. The molecule has 10 heteroatoms. The van der Waals surface area contributed by atoms with Gasteiger partial charge in [-0.05, 0) is 36.8 Å². The van der Waals surface area contributed by atoms with E-state index in [0.29, 0.717) is 16.5 Å². The molecule has 0 fully saturated rings. The van der Waals surface area contributed by atoms with Crippen LogP contribution < -0.4 is 21.2 Å². The summed E-state index contributed by atoms with van der Waals surface area (Å²) in [5, 5.41) is 10.5. The molecular weight excluding hydrogens is 408 g/mol. The molecule has 0 bridgehead atoms. The van der Waals surface area contributed by atoms with Crippen molar-refractivity contribution < 1.29 is 18.0 Å². The van der Waals surface area contributed by atoms with Gasteiger partial charge in [0.2, 0.25) is 21.4 Å². The van der Waals surface area contributed by atoms with Crippen LogP contribution in [0.3, 0.4) is 0 Å². The number of aromatic nitrogens is 1. The number of para-hydroxylation sites is 1. The maximum absolute atomic E-state index is 12.4. The van der Waals surface area contributed by atoms with Crippen LogP contribution in [0.4, 0.5) is 0 Å². The van der Waals surface area contributed by atoms with Crippen molar-refractivity contribution in [3.8, 4) is 0 Å². The number of fused-ring (bicyclic) bond motifs is 1. The van der Waals surface area contributed by atoms with Crippen LogP contribution in [-0.2, 0) is 14.8 Å². The zero-order valence-corrected chi connectivity index (χ0v) is 16.8. The van der Waals surface area contributed by atoms with E-state index in [1.165, 1.54) is 30.5 Å². The zero-order chi connectivity index (χ0) is 21.9. The summed E-state index contributed by atoms with van der Waals surface area (Å²) < 4.78 is 22.6. The summed E-state index contributed by atoms with van der Waals surface area (Å²) in [5.74, 6) is -1.13. The fraction of sp³-hybridized carbons (Fsp3) is 0.150. The Hall–Kier alpha value is -3.50. The number of amides is 2. The maximum atomic E-state index is 12.4. The Labute approximate surface area is 172 Å². The third kappa shape index (κ3) is 4.73. The first-order valence-corrected chi connectivity index (χ1v) is 10.5. The minimum Gasteiger partial charge on any atom is -0.360 e. The lowest BCUT2D eigenvalue weighted by Gasteiger charge is -2.15. The minimum absolute atomic E-state index is 0.0300. The lowest BCUT2D eigenvalue weighted by atomic mass is 10.1. The van der Waals surface area contributed by atoms with Gasteiger partial charge in [0.05, 0.1) is 17.5 Å². The van der Waals surface area contributed by atoms with Gasteiger partial charge in [0.25, 0.3) is 5.91 Å². The zero-order valence-electron chi connectivity index (χ0n) is 16.0. The molecule has 0 saturated heterocycles. The average Bonchev–Trinajstić information content (AvgIpc) is 2.72. The predicted molar refractivity (Wildman–Crippen MR) is 111 cm³/mol. The molecule has 0 aliphatic carbocycles. The third-order valence-corrected chi connectivity index (χ3v) is 5.46. The first kappa shape index (κ1) is 21.2. The number of sulfonamides is 1. The normalized spacial score (nSPS) is 12.3. The van der Waals surface area contributed by atoms with Gasteiger partial charge < -0.3 is 15.6 Å². The van der Waals surface area contributed by atoms with Gasteiger partial charge in [-0.3, -0.25) is 14.4 Å². The number of hydrogen-bond acceptors (Lipinski definition) is 5. The molecule has 2 amide bonds. The molecule has 2 aromatic carbocycles. The smallest absolute Gasteiger partial charge is 0.257 e. The fourth-order valence-corrected chi connectivity index (χ4v) is 3.43. The summed E-state index contributed by atoms with van der Waals surface area (Å²) in [6.45, 7) is 1.38. The van der Waals surface area contributed by atoms with Crippen molar-refractivity contribution in [2.45, 2.75) is 17.9 Å². The van der Waals surface area contributed by atoms with E-state index in [0.717, 1.165) is 0 Å². The second-order valence-electron chi connectivity index (χ2n) is 6.66. The minimum atomic E-state index is -3.79. The van der Waals surface area contributed by atoms with E-state index in [-0.39, 0.29) is 17.0 Å². The van der Waals surface area contributed by atoms with E-state index in [1.807, 2.05) is 0 Å². The van der Waals surface area contributed by atoms with Crippen LogP contribution in [0, 0.1) is 0 Å². The molecule has 0 saturated carbocycles. The van der Waals surface area contributed by atoms with Gasteiger partial charge in [-0.25, -0.2) is 13.6 Å². The summed E-state index contributed by atoms with van der Waals surface area (Å²) in [4.78, 5) is 39.8. The fourth-order valence-electron chi connectivity index (χ4n) is 2.91. The molecule has 1 atom stereocenters. The van der Waals surface area contributed by atoms with Crippen LogP contribution in [0.5, 0.6) is 0 Å². The number of carbonyl (C=O) groups is 2. The van der Waals surface area contributed by atoms with Crippen molar-refractivity contribution in [3.63, 3.8) is 0 Å². The Kier molecular flexibility index (Phi) is 5.99. The lowest BCUT2D eigenvalue weighted by molar-refractivity contribution is -0.120. The van der Waals surface area contributed by atoms with E-state index >= 15 is 0 Å². The number of H-pyrrole nitrogens is 1. The summed E-state index contributed by atoms with van der Waals surface area (Å²) in [6, 6.07) is 12.1. The molecule has 1 heterocycles. The van der Waals surface area contributed by atoms with E-state index in [9.17, 15) is 22.8 Å². The highest BCUT2D eigenvalue weighted by Gasteiger charge is 2.16. The number of benzene rings is 2. The van der Waals surface area contributed by atoms with Crippen LogP contribution in [-0.4, -0.2) is 31.8 Å². The van der Waals surface area contributed by atoms with E-state index in [4.69, 9.17) is 5.14 Å². The van der Waals surface area contributed by atoms with Crippen molar-refractivity contribution in [1.29, 1.82) is 0 Å². The van der Waals surface area contributed by atoms with Gasteiger partial charge in [0.1, 0.15) is 5.56 Å². The number of pyridine rings is 1. The number of primary sulfonamides is 1. The molecule has 30 heavy (non-hydrogen) atoms. The first-order chi connectivity index (χ1) is 14.2. The molecule has 0 radical (unpaired) electrons. The number of rotatable bonds is 6. The lowest BCUT2D eigenvalue weighted by Crippen LogP contribution is -2.39. The van der Waals surface area contributed by atoms with Crippen LogP contribution >= 0.6 is 0 Å². The molecule has 0 aliphatic rings. The number of nitrogens with one attached hydrogen (secondary N) is 3. The monoisotopic (exact) mass is 428 g/mol. The molecule has 1 unspecified atom stereocenters. The summed E-state index contributed by atoms with van der Waals surface area (Å²) in [6.07, 6.45) is 1.31. The Bertz CT molecular complexity index is 1270. The molecule has 1 aromatic heterocycles. The molecule has 9 nitrogen and oxygen atoms in total. The van der Waals surface area contributed by atoms with Gasteiger partial charge >= 0.3 is 0 Å². The van der Waals surface area contributed by atoms with Crippen molar-refractivity contribution in [1.82, 2.24) is 15.6 Å². The molecule has 5 N–H and O–H groups in total. The number of nitrogens with two attached hydrogens (primary N) is 1. The van der Waals surface area contributed by atoms with E-state index in [1.54, 1.807) is 31.2 Å². The van der Waals surface area contributed by atoms with Crippen molar-refractivity contribution in [2.24, 2.45) is 5.14 Å². The number of hydrogen-bond donors (Lipinski definition) is 4. The second-order valence-corrected chi connectivity index (χ2v) is 8.22. The molecule has 156 valence electrons.